The Morgan fingerprint density at radius 2 is 2.00 bits per heavy atom. The number of pyridine rings is 1. The van der Waals surface area contributed by atoms with E-state index in [4.69, 9.17) is 16.3 Å². The average Bonchev–Trinajstić information content (AvgIpc) is 3.28. The van der Waals surface area contributed by atoms with Gasteiger partial charge in [0.1, 0.15) is 22.3 Å². The van der Waals surface area contributed by atoms with Crippen molar-refractivity contribution in [3.05, 3.63) is 88.2 Å². The minimum Gasteiger partial charge on any atom is -0.457 e. The van der Waals surface area contributed by atoms with Gasteiger partial charge in [-0.15, -0.1) is 0 Å². The number of aromatic nitrogens is 1. The monoisotopic (exact) mass is 450 g/mol. The molecule has 1 saturated heterocycles. The molecule has 1 atom stereocenters. The molecule has 2 heterocycles. The van der Waals surface area contributed by atoms with E-state index in [1.54, 1.807) is 23.1 Å². The topological polar surface area (TPSA) is 62.7 Å². The molecule has 2 aromatic carbocycles. The number of likely N-dealkylation sites (tertiary alicyclic amines) is 1. The molecule has 0 spiro atoms. The second-order valence-electron chi connectivity index (χ2n) is 8.40. The number of benzene rings is 2. The minimum atomic E-state index is -0.120. The van der Waals surface area contributed by atoms with E-state index >= 15 is 0 Å². The lowest BCUT2D eigenvalue weighted by Crippen LogP contribution is -2.29. The summed E-state index contributed by atoms with van der Waals surface area (Å²) < 4.78 is 6.16. The number of rotatable bonds is 6. The Kier molecular flexibility index (Phi) is 6.77. The fourth-order valence-electron chi connectivity index (χ4n) is 4.25. The number of carbonyl (C=O) groups excluding carboxylic acids is 1. The predicted octanol–water partition coefficient (Wildman–Crippen LogP) is 5.77. The van der Waals surface area contributed by atoms with Crippen LogP contribution < -0.4 is 4.74 Å². The summed E-state index contributed by atoms with van der Waals surface area (Å²) in [6.45, 7) is 5.41. The predicted molar refractivity (Wildman–Crippen MR) is 125 cm³/mol. The number of hydrogen-bond donors (Lipinski definition) is 1. The van der Waals surface area contributed by atoms with E-state index in [1.165, 1.54) is 0 Å². The lowest BCUT2D eigenvalue weighted by molar-refractivity contribution is 0.0785. The average molecular weight is 451 g/mol. The Hall–Kier alpha value is -2.89. The summed E-state index contributed by atoms with van der Waals surface area (Å²) in [5.74, 6) is 1.90. The molecule has 5 nitrogen and oxygen atoms in total. The number of hydrogen-bond acceptors (Lipinski definition) is 4. The number of carbonyl (C=O) groups is 1. The second kappa shape index (κ2) is 9.72. The minimum absolute atomic E-state index is 0.0847. The highest BCUT2D eigenvalue weighted by Gasteiger charge is 2.30. The molecule has 0 aliphatic carbocycles. The smallest absolute Gasteiger partial charge is 0.272 e. The highest BCUT2D eigenvalue weighted by atomic mass is 35.5. The third-order valence-electron chi connectivity index (χ3n) is 5.90. The van der Waals surface area contributed by atoms with Crippen LogP contribution >= 0.6 is 11.6 Å². The second-order valence-corrected chi connectivity index (χ2v) is 8.78. The zero-order valence-corrected chi connectivity index (χ0v) is 19.0. The number of para-hydroxylation sites is 1. The first-order chi connectivity index (χ1) is 15.5. The molecule has 32 heavy (non-hydrogen) atoms. The molecule has 1 fully saturated rings. The fourth-order valence-corrected chi connectivity index (χ4v) is 4.41. The van der Waals surface area contributed by atoms with Crippen LogP contribution in [0.25, 0.3) is 0 Å². The molecule has 3 aromatic rings. The van der Waals surface area contributed by atoms with Gasteiger partial charge in [-0.1, -0.05) is 55.8 Å². The maximum atomic E-state index is 12.8. The van der Waals surface area contributed by atoms with Crippen LogP contribution in [0.2, 0.25) is 5.15 Å². The first-order valence-corrected chi connectivity index (χ1v) is 11.3. The van der Waals surface area contributed by atoms with Crippen molar-refractivity contribution in [2.24, 2.45) is 0 Å². The molecule has 1 N–H and O–H groups in total. The summed E-state index contributed by atoms with van der Waals surface area (Å²) in [6, 6.07) is 18.9. The van der Waals surface area contributed by atoms with Crippen LogP contribution in [0, 0.1) is 0 Å². The Labute approximate surface area is 193 Å². The first kappa shape index (κ1) is 22.3. The van der Waals surface area contributed by atoms with Crippen molar-refractivity contribution < 1.29 is 14.6 Å². The van der Waals surface area contributed by atoms with Gasteiger partial charge in [0, 0.05) is 19.0 Å². The van der Waals surface area contributed by atoms with Gasteiger partial charge in [-0.3, -0.25) is 4.79 Å². The number of aliphatic hydroxyl groups is 1. The molecule has 6 heteroatoms. The molecule has 1 aliphatic rings. The van der Waals surface area contributed by atoms with Gasteiger partial charge in [-0.25, -0.2) is 4.98 Å². The number of aliphatic hydroxyl groups excluding tert-OH is 1. The molecule has 166 valence electrons. The Bertz CT molecular complexity index is 1120. The molecule has 4 rings (SSSR count). The van der Waals surface area contributed by atoms with E-state index < -0.39 is 0 Å². The molecule has 0 bridgehead atoms. The van der Waals surface area contributed by atoms with Crippen molar-refractivity contribution in [1.82, 2.24) is 9.88 Å². The van der Waals surface area contributed by atoms with Gasteiger partial charge in [0.2, 0.25) is 0 Å². The number of amides is 1. The van der Waals surface area contributed by atoms with Crippen LogP contribution in [-0.2, 0) is 6.61 Å². The van der Waals surface area contributed by atoms with Crippen LogP contribution in [0.5, 0.6) is 11.5 Å². The Morgan fingerprint density at radius 1 is 1.19 bits per heavy atom. The van der Waals surface area contributed by atoms with Crippen molar-refractivity contribution in [2.75, 3.05) is 13.1 Å². The summed E-state index contributed by atoms with van der Waals surface area (Å²) >= 11 is 5.94. The summed E-state index contributed by atoms with van der Waals surface area (Å²) in [7, 11) is 0. The molecular formula is C26H27ClN2O3. The first-order valence-electron chi connectivity index (χ1n) is 10.9. The molecule has 1 unspecified atom stereocenters. The molecular weight excluding hydrogens is 424 g/mol. The number of halogens is 1. The van der Waals surface area contributed by atoms with E-state index in [0.29, 0.717) is 35.6 Å². The van der Waals surface area contributed by atoms with Crippen LogP contribution in [0.3, 0.4) is 0 Å². The van der Waals surface area contributed by atoms with Gasteiger partial charge < -0.3 is 14.7 Å². The maximum absolute atomic E-state index is 12.8. The lowest BCUT2D eigenvalue weighted by Gasteiger charge is -2.19. The Morgan fingerprint density at radius 3 is 2.75 bits per heavy atom. The molecule has 1 aliphatic heterocycles. The van der Waals surface area contributed by atoms with Gasteiger partial charge in [0.05, 0.1) is 6.61 Å². The molecule has 0 saturated carbocycles. The van der Waals surface area contributed by atoms with E-state index in [-0.39, 0.29) is 18.4 Å². The highest BCUT2D eigenvalue weighted by Crippen LogP contribution is 2.35. The van der Waals surface area contributed by atoms with Crippen molar-refractivity contribution in [3.63, 3.8) is 0 Å². The van der Waals surface area contributed by atoms with Crippen LogP contribution in [0.4, 0.5) is 0 Å². The maximum Gasteiger partial charge on any atom is 0.272 e. The van der Waals surface area contributed by atoms with E-state index in [2.05, 4.69) is 24.9 Å². The summed E-state index contributed by atoms with van der Waals surface area (Å²) in [6.07, 6.45) is 0.829. The van der Waals surface area contributed by atoms with Crippen LogP contribution in [-0.4, -0.2) is 34.0 Å². The summed E-state index contributed by atoms with van der Waals surface area (Å²) in [5.41, 5.74) is 3.37. The van der Waals surface area contributed by atoms with Gasteiger partial charge in [0.15, 0.2) is 0 Å². The third kappa shape index (κ3) is 4.79. The van der Waals surface area contributed by atoms with Crippen molar-refractivity contribution >= 4 is 17.5 Å². The number of ether oxygens (including phenoxy) is 1. The van der Waals surface area contributed by atoms with Gasteiger partial charge >= 0.3 is 0 Å². The zero-order chi connectivity index (χ0) is 22.7. The van der Waals surface area contributed by atoms with E-state index in [9.17, 15) is 9.90 Å². The van der Waals surface area contributed by atoms with Crippen molar-refractivity contribution in [1.29, 1.82) is 0 Å². The van der Waals surface area contributed by atoms with Gasteiger partial charge in [-0.05, 0) is 59.4 Å². The standard InChI is InChI=1S/C26H27ClN2O3/c1-17(2)21-6-3-4-8-24(21)32-20-10-11-22(19(14-20)16-30)18-12-13-29(15-18)26(31)23-7-5-9-25(27)28-23/h3-11,14,17-18,30H,12-13,15-16H2,1-2H3. The highest BCUT2D eigenvalue weighted by molar-refractivity contribution is 6.29. The number of nitrogens with zero attached hydrogens (tertiary/aromatic N) is 2. The lowest BCUT2D eigenvalue weighted by atomic mass is 9.93. The van der Waals surface area contributed by atoms with Crippen molar-refractivity contribution in [3.8, 4) is 11.5 Å². The summed E-state index contributed by atoms with van der Waals surface area (Å²) in [4.78, 5) is 18.7. The third-order valence-corrected chi connectivity index (χ3v) is 6.11. The molecule has 1 amide bonds. The Balaban J connectivity index is 1.51. The normalized spacial score (nSPS) is 15.9. The zero-order valence-electron chi connectivity index (χ0n) is 18.3. The SMILES string of the molecule is CC(C)c1ccccc1Oc1ccc(C2CCN(C(=O)c3cccc(Cl)n3)C2)c(CO)c1. The quantitative estimate of drug-likeness (QED) is 0.484. The van der Waals surface area contributed by atoms with Crippen LogP contribution in [0.15, 0.2) is 60.7 Å². The van der Waals surface area contributed by atoms with E-state index in [0.717, 1.165) is 28.9 Å². The largest absolute Gasteiger partial charge is 0.457 e. The van der Waals surface area contributed by atoms with E-state index in [1.807, 2.05) is 36.4 Å². The van der Waals surface area contributed by atoms with Gasteiger partial charge in [-0.2, -0.15) is 0 Å². The molecule has 1 aromatic heterocycles. The van der Waals surface area contributed by atoms with Crippen LogP contribution in [0.1, 0.15) is 59.3 Å². The molecule has 0 radical (unpaired) electrons. The fraction of sp³-hybridized carbons (Fsp3) is 0.308. The van der Waals surface area contributed by atoms with Crippen molar-refractivity contribution in [2.45, 2.75) is 38.7 Å². The summed E-state index contributed by atoms with van der Waals surface area (Å²) in [5, 5.41) is 10.3. The van der Waals surface area contributed by atoms with Gasteiger partial charge in [0.25, 0.3) is 5.91 Å².